The molecule has 0 atom stereocenters. The van der Waals surface area contributed by atoms with Crippen molar-refractivity contribution < 1.29 is 12.6 Å². The van der Waals surface area contributed by atoms with Crippen molar-refractivity contribution in [3.8, 4) is 0 Å². The standard InChI is InChI=1S/C12H12O3S.Na.H/c1-2-15-16(13,14)12-9-5-7-10-6-3-4-8-11(10)12;;/h3-9H,2H2,1H3;;. The van der Waals surface area contributed by atoms with Crippen molar-refractivity contribution in [1.82, 2.24) is 0 Å². The summed E-state index contributed by atoms with van der Waals surface area (Å²) in [7, 11) is -3.64. The third-order valence-electron chi connectivity index (χ3n) is 2.29. The maximum atomic E-state index is 11.8. The molecule has 0 aliphatic heterocycles. The first kappa shape index (κ1) is 14.7. The van der Waals surface area contributed by atoms with Crippen molar-refractivity contribution in [2.24, 2.45) is 0 Å². The van der Waals surface area contributed by atoms with E-state index in [1.54, 1.807) is 25.1 Å². The molecule has 0 bridgehead atoms. The third-order valence-corrected chi connectivity index (χ3v) is 3.73. The van der Waals surface area contributed by atoms with Crippen LogP contribution in [0, 0.1) is 0 Å². The first-order valence-corrected chi connectivity index (χ1v) is 6.43. The van der Waals surface area contributed by atoms with Crippen LogP contribution in [0.15, 0.2) is 47.4 Å². The molecule has 0 fully saturated rings. The summed E-state index contributed by atoms with van der Waals surface area (Å²) in [4.78, 5) is 0.229. The van der Waals surface area contributed by atoms with Crippen LogP contribution in [0.3, 0.4) is 0 Å². The number of benzene rings is 2. The van der Waals surface area contributed by atoms with Gasteiger partial charge in [0.05, 0.1) is 6.61 Å². The van der Waals surface area contributed by atoms with Gasteiger partial charge in [-0.15, -0.1) is 0 Å². The maximum absolute atomic E-state index is 11.8. The molecule has 2 aromatic rings. The molecule has 5 heteroatoms. The molecule has 0 unspecified atom stereocenters. The van der Waals surface area contributed by atoms with Crippen LogP contribution in [0.2, 0.25) is 0 Å². The molecular weight excluding hydrogens is 247 g/mol. The predicted molar refractivity (Wildman–Crippen MR) is 69.9 cm³/mol. The molecule has 0 N–H and O–H groups in total. The van der Waals surface area contributed by atoms with E-state index < -0.39 is 10.1 Å². The summed E-state index contributed by atoms with van der Waals surface area (Å²) in [5, 5.41) is 1.58. The second kappa shape index (κ2) is 5.98. The van der Waals surface area contributed by atoms with E-state index in [9.17, 15) is 8.42 Å². The zero-order chi connectivity index (χ0) is 11.6. The van der Waals surface area contributed by atoms with Gasteiger partial charge in [-0.1, -0.05) is 36.4 Å². The Morgan fingerprint density at radius 1 is 1.06 bits per heavy atom. The Balaban J connectivity index is 0.00000144. The molecular formula is C12H13NaO3S. The van der Waals surface area contributed by atoms with Gasteiger partial charge in [0, 0.05) is 5.39 Å². The zero-order valence-corrected chi connectivity index (χ0v) is 9.70. The van der Waals surface area contributed by atoms with Crippen molar-refractivity contribution in [1.29, 1.82) is 0 Å². The molecule has 17 heavy (non-hydrogen) atoms. The van der Waals surface area contributed by atoms with Gasteiger partial charge in [-0.3, -0.25) is 4.18 Å². The summed E-state index contributed by atoms with van der Waals surface area (Å²) in [5.41, 5.74) is 0. The average Bonchev–Trinajstić information content (AvgIpc) is 2.28. The fraction of sp³-hybridized carbons (Fsp3) is 0.167. The summed E-state index contributed by atoms with van der Waals surface area (Å²) in [5.74, 6) is 0. The van der Waals surface area contributed by atoms with E-state index in [1.165, 1.54) is 0 Å². The summed E-state index contributed by atoms with van der Waals surface area (Å²) in [6.45, 7) is 1.80. The third kappa shape index (κ3) is 3.09. The summed E-state index contributed by atoms with van der Waals surface area (Å²) < 4.78 is 28.4. The van der Waals surface area contributed by atoms with Gasteiger partial charge in [0.1, 0.15) is 4.90 Å². The molecule has 0 spiro atoms. The van der Waals surface area contributed by atoms with Gasteiger partial charge in [0.2, 0.25) is 0 Å². The van der Waals surface area contributed by atoms with E-state index in [1.807, 2.05) is 24.3 Å². The molecule has 0 aromatic heterocycles. The van der Waals surface area contributed by atoms with E-state index >= 15 is 0 Å². The molecule has 0 heterocycles. The SMILES string of the molecule is CCOS(=O)(=O)c1cccc2ccccc12.[NaH]. The van der Waals surface area contributed by atoms with Crippen molar-refractivity contribution in [2.45, 2.75) is 11.8 Å². The Morgan fingerprint density at radius 2 is 1.71 bits per heavy atom. The fourth-order valence-corrected chi connectivity index (χ4v) is 2.77. The van der Waals surface area contributed by atoms with Crippen molar-refractivity contribution >= 4 is 50.4 Å². The molecule has 0 radical (unpaired) electrons. The van der Waals surface area contributed by atoms with E-state index in [-0.39, 0.29) is 41.1 Å². The average molecular weight is 260 g/mol. The summed E-state index contributed by atoms with van der Waals surface area (Å²) in [6, 6.07) is 12.5. The van der Waals surface area contributed by atoms with Crippen molar-refractivity contribution in [2.75, 3.05) is 6.61 Å². The molecule has 0 saturated carbocycles. The quantitative estimate of drug-likeness (QED) is 0.625. The normalized spacial score (nSPS) is 11.1. The monoisotopic (exact) mass is 260 g/mol. The Morgan fingerprint density at radius 3 is 2.41 bits per heavy atom. The fourth-order valence-electron chi connectivity index (χ4n) is 1.63. The van der Waals surface area contributed by atoms with Crippen LogP contribution >= 0.6 is 0 Å². The van der Waals surface area contributed by atoms with Crippen molar-refractivity contribution in [3.63, 3.8) is 0 Å². The molecule has 2 rings (SSSR count). The zero-order valence-electron chi connectivity index (χ0n) is 8.88. The molecule has 0 amide bonds. The van der Waals surface area contributed by atoms with Gasteiger partial charge in [-0.2, -0.15) is 8.42 Å². The Hall–Kier alpha value is -0.390. The van der Waals surface area contributed by atoms with Crippen LogP contribution in [0.25, 0.3) is 10.8 Å². The van der Waals surface area contributed by atoms with E-state index in [0.717, 1.165) is 5.39 Å². The summed E-state index contributed by atoms with van der Waals surface area (Å²) in [6.07, 6.45) is 0. The van der Waals surface area contributed by atoms with Crippen LogP contribution < -0.4 is 0 Å². The minimum absolute atomic E-state index is 0. The van der Waals surface area contributed by atoms with Crippen LogP contribution in [-0.4, -0.2) is 44.6 Å². The van der Waals surface area contributed by atoms with Gasteiger partial charge in [-0.25, -0.2) is 0 Å². The molecule has 86 valence electrons. The van der Waals surface area contributed by atoms with E-state index in [4.69, 9.17) is 4.18 Å². The minimum atomic E-state index is -3.64. The molecule has 0 aliphatic carbocycles. The second-order valence-electron chi connectivity index (χ2n) is 3.34. The molecule has 2 aromatic carbocycles. The van der Waals surface area contributed by atoms with E-state index in [2.05, 4.69) is 0 Å². The van der Waals surface area contributed by atoms with Gasteiger partial charge >= 0.3 is 29.6 Å². The van der Waals surface area contributed by atoms with Crippen LogP contribution in [0.5, 0.6) is 0 Å². The Labute approximate surface area is 123 Å². The molecule has 0 aliphatic rings. The van der Waals surface area contributed by atoms with Gasteiger partial charge in [0.25, 0.3) is 10.1 Å². The predicted octanol–water partition coefficient (Wildman–Crippen LogP) is 1.92. The first-order chi connectivity index (χ1) is 7.65. The number of hydrogen-bond acceptors (Lipinski definition) is 3. The van der Waals surface area contributed by atoms with Gasteiger partial charge in [-0.05, 0) is 18.4 Å². The number of hydrogen-bond donors (Lipinski definition) is 0. The molecule has 3 nitrogen and oxygen atoms in total. The van der Waals surface area contributed by atoms with Crippen LogP contribution in [-0.2, 0) is 14.3 Å². The Kier molecular flexibility index (Phi) is 5.16. The number of fused-ring (bicyclic) bond motifs is 1. The van der Waals surface area contributed by atoms with Gasteiger partial charge in [0.15, 0.2) is 0 Å². The summed E-state index contributed by atoms with van der Waals surface area (Å²) >= 11 is 0. The first-order valence-electron chi connectivity index (χ1n) is 5.02. The van der Waals surface area contributed by atoms with Crippen LogP contribution in [0.1, 0.15) is 6.92 Å². The topological polar surface area (TPSA) is 43.4 Å². The van der Waals surface area contributed by atoms with Gasteiger partial charge < -0.3 is 0 Å². The number of rotatable bonds is 3. The molecule has 0 saturated heterocycles. The second-order valence-corrected chi connectivity index (χ2v) is 4.92. The van der Waals surface area contributed by atoms with Crippen molar-refractivity contribution in [3.05, 3.63) is 42.5 Å². The Bertz CT molecular complexity index is 603. The van der Waals surface area contributed by atoms with E-state index in [0.29, 0.717) is 5.39 Å². The van der Waals surface area contributed by atoms with Crippen LogP contribution in [0.4, 0.5) is 0 Å².